The molecule has 0 amide bonds. The summed E-state index contributed by atoms with van der Waals surface area (Å²) in [7, 11) is 0. The van der Waals surface area contributed by atoms with E-state index in [4.69, 9.17) is 9.47 Å². The molecule has 0 aliphatic carbocycles. The lowest BCUT2D eigenvalue weighted by atomic mass is 10.1. The largest absolute Gasteiger partial charge is 0.462 e. The van der Waals surface area contributed by atoms with Crippen molar-refractivity contribution in [2.45, 2.75) is 40.5 Å². The molecular formula is C14H22O4. The van der Waals surface area contributed by atoms with Gasteiger partial charge >= 0.3 is 11.9 Å². The molecule has 0 aromatic rings. The minimum atomic E-state index is -0.267. The Kier molecular flexibility index (Phi) is 8.62. The summed E-state index contributed by atoms with van der Waals surface area (Å²) in [5.74, 6) is -0.531. The van der Waals surface area contributed by atoms with Crippen molar-refractivity contribution in [3.8, 4) is 0 Å². The van der Waals surface area contributed by atoms with Gasteiger partial charge in [-0.1, -0.05) is 11.6 Å². The smallest absolute Gasteiger partial charge is 0.302 e. The Labute approximate surface area is 109 Å². The molecule has 18 heavy (non-hydrogen) atoms. The van der Waals surface area contributed by atoms with Crippen LogP contribution in [-0.4, -0.2) is 25.2 Å². The molecule has 0 aromatic heterocycles. The standard InChI is InChI=1S/C14H22O4/c1-11(8-9-17-13(3)15)6-5-7-12(2)10-18-14(4)16/h7-8H,5-6,9-10H2,1-4H3/b11-8-,12-7-. The summed E-state index contributed by atoms with van der Waals surface area (Å²) >= 11 is 0. The van der Waals surface area contributed by atoms with Crippen LogP contribution in [-0.2, 0) is 19.1 Å². The third-order valence-corrected chi connectivity index (χ3v) is 2.25. The second-order valence-electron chi connectivity index (χ2n) is 4.22. The van der Waals surface area contributed by atoms with Crippen LogP contribution in [0.25, 0.3) is 0 Å². The molecule has 0 aliphatic heterocycles. The molecule has 0 atom stereocenters. The van der Waals surface area contributed by atoms with E-state index in [0.717, 1.165) is 18.4 Å². The number of hydrogen-bond acceptors (Lipinski definition) is 4. The van der Waals surface area contributed by atoms with E-state index in [1.165, 1.54) is 19.4 Å². The molecule has 0 radical (unpaired) electrons. The second kappa shape index (κ2) is 9.45. The summed E-state index contributed by atoms with van der Waals surface area (Å²) in [5, 5.41) is 0. The Morgan fingerprint density at radius 3 is 2.06 bits per heavy atom. The molecule has 0 unspecified atom stereocenters. The zero-order chi connectivity index (χ0) is 14.0. The highest BCUT2D eigenvalue weighted by Gasteiger charge is 1.95. The highest BCUT2D eigenvalue weighted by molar-refractivity contribution is 5.66. The molecule has 0 aliphatic rings. The predicted octanol–water partition coefficient (Wildman–Crippen LogP) is 2.79. The zero-order valence-corrected chi connectivity index (χ0v) is 11.6. The lowest BCUT2D eigenvalue weighted by Crippen LogP contribution is -2.01. The molecule has 0 saturated heterocycles. The Bertz CT molecular complexity index is 340. The summed E-state index contributed by atoms with van der Waals surface area (Å²) in [5.41, 5.74) is 2.21. The second-order valence-corrected chi connectivity index (χ2v) is 4.22. The number of carbonyl (C=O) groups is 2. The molecule has 0 rings (SSSR count). The molecule has 4 heteroatoms. The van der Waals surface area contributed by atoms with Gasteiger partial charge in [-0.15, -0.1) is 0 Å². The van der Waals surface area contributed by atoms with Crippen molar-refractivity contribution in [3.05, 3.63) is 23.3 Å². The van der Waals surface area contributed by atoms with Crippen molar-refractivity contribution in [3.63, 3.8) is 0 Å². The van der Waals surface area contributed by atoms with Crippen molar-refractivity contribution < 1.29 is 19.1 Å². The number of esters is 2. The van der Waals surface area contributed by atoms with E-state index in [1.807, 2.05) is 26.0 Å². The average Bonchev–Trinajstić information content (AvgIpc) is 2.25. The number of ether oxygens (including phenoxy) is 2. The fourth-order valence-corrected chi connectivity index (χ4v) is 1.22. The predicted molar refractivity (Wildman–Crippen MR) is 70.0 cm³/mol. The maximum atomic E-state index is 10.6. The first-order chi connectivity index (χ1) is 8.41. The summed E-state index contributed by atoms with van der Waals surface area (Å²) in [6.07, 6.45) is 5.73. The van der Waals surface area contributed by atoms with E-state index < -0.39 is 0 Å². The van der Waals surface area contributed by atoms with Crippen LogP contribution in [0.5, 0.6) is 0 Å². The van der Waals surface area contributed by atoms with E-state index in [1.54, 1.807) is 0 Å². The fraction of sp³-hybridized carbons (Fsp3) is 0.571. The first-order valence-electron chi connectivity index (χ1n) is 5.99. The maximum absolute atomic E-state index is 10.6. The number of rotatable bonds is 7. The van der Waals surface area contributed by atoms with Crippen molar-refractivity contribution in [2.24, 2.45) is 0 Å². The topological polar surface area (TPSA) is 52.6 Å². The normalized spacial score (nSPS) is 12.2. The summed E-state index contributed by atoms with van der Waals surface area (Å²) in [6.45, 7) is 7.40. The molecule has 0 heterocycles. The van der Waals surface area contributed by atoms with Crippen LogP contribution in [0.2, 0.25) is 0 Å². The van der Waals surface area contributed by atoms with Gasteiger partial charge in [0.15, 0.2) is 0 Å². The molecular weight excluding hydrogens is 232 g/mol. The van der Waals surface area contributed by atoms with Gasteiger partial charge < -0.3 is 9.47 Å². The van der Waals surface area contributed by atoms with Crippen LogP contribution in [0, 0.1) is 0 Å². The molecule has 0 spiro atoms. The van der Waals surface area contributed by atoms with Crippen LogP contribution in [0.1, 0.15) is 40.5 Å². The van der Waals surface area contributed by atoms with E-state index in [9.17, 15) is 9.59 Å². The average molecular weight is 254 g/mol. The van der Waals surface area contributed by atoms with Gasteiger partial charge in [0.2, 0.25) is 0 Å². The van der Waals surface area contributed by atoms with E-state index in [-0.39, 0.29) is 11.9 Å². The van der Waals surface area contributed by atoms with Gasteiger partial charge in [-0.2, -0.15) is 0 Å². The molecule has 0 saturated carbocycles. The molecule has 0 N–H and O–H groups in total. The summed E-state index contributed by atoms with van der Waals surface area (Å²) < 4.78 is 9.69. The van der Waals surface area contributed by atoms with Crippen molar-refractivity contribution in [1.82, 2.24) is 0 Å². The molecule has 0 fully saturated rings. The minimum Gasteiger partial charge on any atom is -0.462 e. The Morgan fingerprint density at radius 2 is 1.50 bits per heavy atom. The van der Waals surface area contributed by atoms with Crippen LogP contribution < -0.4 is 0 Å². The van der Waals surface area contributed by atoms with Crippen LogP contribution in [0.15, 0.2) is 23.3 Å². The van der Waals surface area contributed by atoms with E-state index >= 15 is 0 Å². The highest BCUT2D eigenvalue weighted by Crippen LogP contribution is 2.07. The Hall–Kier alpha value is -1.58. The number of hydrogen-bond donors (Lipinski definition) is 0. The first-order valence-corrected chi connectivity index (χ1v) is 5.99. The Morgan fingerprint density at radius 1 is 0.889 bits per heavy atom. The highest BCUT2D eigenvalue weighted by atomic mass is 16.5. The van der Waals surface area contributed by atoms with Gasteiger partial charge in [0.05, 0.1) is 0 Å². The summed E-state index contributed by atoms with van der Waals surface area (Å²) in [4.78, 5) is 21.2. The lowest BCUT2D eigenvalue weighted by molar-refractivity contribution is -0.140. The van der Waals surface area contributed by atoms with E-state index in [2.05, 4.69) is 0 Å². The van der Waals surface area contributed by atoms with Crippen molar-refractivity contribution in [1.29, 1.82) is 0 Å². The third kappa shape index (κ3) is 10.9. The van der Waals surface area contributed by atoms with Crippen molar-refractivity contribution in [2.75, 3.05) is 13.2 Å². The monoisotopic (exact) mass is 254 g/mol. The van der Waals surface area contributed by atoms with Crippen LogP contribution >= 0.6 is 0 Å². The minimum absolute atomic E-state index is 0.264. The quantitative estimate of drug-likeness (QED) is 0.518. The third-order valence-electron chi connectivity index (χ3n) is 2.25. The van der Waals surface area contributed by atoms with Gasteiger partial charge in [-0.05, 0) is 38.3 Å². The van der Waals surface area contributed by atoms with Crippen molar-refractivity contribution >= 4 is 11.9 Å². The molecule has 102 valence electrons. The van der Waals surface area contributed by atoms with Gasteiger partial charge in [0.25, 0.3) is 0 Å². The van der Waals surface area contributed by atoms with Crippen LogP contribution in [0.4, 0.5) is 0 Å². The molecule has 0 bridgehead atoms. The van der Waals surface area contributed by atoms with E-state index in [0.29, 0.717) is 13.2 Å². The van der Waals surface area contributed by atoms with Gasteiger partial charge in [0.1, 0.15) is 13.2 Å². The number of carbonyl (C=O) groups excluding carboxylic acids is 2. The lowest BCUT2D eigenvalue weighted by Gasteiger charge is -2.03. The SMILES string of the molecule is CC(=O)OC/C=C(/C)CC/C=C(/C)COC(C)=O. The summed E-state index contributed by atoms with van der Waals surface area (Å²) in [6, 6.07) is 0. The number of allylic oxidation sites excluding steroid dienone is 2. The maximum Gasteiger partial charge on any atom is 0.302 e. The van der Waals surface area contributed by atoms with Crippen LogP contribution in [0.3, 0.4) is 0 Å². The molecule has 4 nitrogen and oxygen atoms in total. The first kappa shape index (κ1) is 16.4. The fourth-order valence-electron chi connectivity index (χ4n) is 1.22. The molecule has 0 aromatic carbocycles. The Balaban J connectivity index is 3.83. The van der Waals surface area contributed by atoms with Gasteiger partial charge in [0, 0.05) is 13.8 Å². The van der Waals surface area contributed by atoms with Gasteiger partial charge in [-0.25, -0.2) is 0 Å². The van der Waals surface area contributed by atoms with Gasteiger partial charge in [-0.3, -0.25) is 9.59 Å². The zero-order valence-electron chi connectivity index (χ0n) is 11.6.